The predicted octanol–water partition coefficient (Wildman–Crippen LogP) is 1.78. The summed E-state index contributed by atoms with van der Waals surface area (Å²) in [5.41, 5.74) is 0.255. The van der Waals surface area contributed by atoms with E-state index in [2.05, 4.69) is 32.7 Å². The fourth-order valence-corrected chi connectivity index (χ4v) is 2.19. The van der Waals surface area contributed by atoms with Crippen molar-refractivity contribution in [2.24, 2.45) is 0 Å². The number of aromatic nitrogens is 1. The molecule has 0 N–H and O–H groups in total. The summed E-state index contributed by atoms with van der Waals surface area (Å²) in [5.74, 6) is 0.693. The number of hydrogen-bond acceptors (Lipinski definition) is 4. The van der Waals surface area contributed by atoms with Crippen molar-refractivity contribution in [1.82, 2.24) is 4.98 Å². The third-order valence-corrected chi connectivity index (χ3v) is 4.01. The van der Waals surface area contributed by atoms with Gasteiger partial charge in [-0.2, -0.15) is 0 Å². The molecule has 0 amide bonds. The minimum absolute atomic E-state index is 0.300. The third-order valence-electron chi connectivity index (χ3n) is 4.01. The fourth-order valence-electron chi connectivity index (χ4n) is 2.19. The number of nitrogens with zero attached hydrogens (tertiary/aromatic N) is 1. The van der Waals surface area contributed by atoms with E-state index in [1.165, 1.54) is 0 Å². The van der Waals surface area contributed by atoms with Crippen LogP contribution in [0.1, 0.15) is 34.1 Å². The Morgan fingerprint density at radius 2 is 2.06 bits per heavy atom. The van der Waals surface area contributed by atoms with Crippen LogP contribution in [0.5, 0.6) is 5.75 Å². The lowest BCUT2D eigenvalue weighted by Gasteiger charge is -2.35. The molecule has 0 radical (unpaired) electrons. The smallest absolute Gasteiger partial charge is 0.496 e. The average Bonchev–Trinajstić information content (AvgIpc) is 2.61. The van der Waals surface area contributed by atoms with E-state index >= 15 is 0 Å². The fraction of sp³-hybridized carbons (Fsp3) is 0.615. The Hall–Kier alpha value is -1.07. The Morgan fingerprint density at radius 3 is 2.61 bits per heavy atom. The van der Waals surface area contributed by atoms with Crippen LogP contribution in [-0.4, -0.2) is 30.4 Å². The van der Waals surface area contributed by atoms with E-state index in [-0.39, 0.29) is 11.2 Å². The molecule has 1 atom stereocenters. The Bertz CT molecular complexity index is 438. The first-order valence-electron chi connectivity index (χ1n) is 6.27. The molecule has 1 aromatic heterocycles. The number of ether oxygens (including phenoxy) is 1. The van der Waals surface area contributed by atoms with Gasteiger partial charge in [-0.1, -0.05) is 6.92 Å². The number of methoxy groups -OCH3 is 1. The van der Waals surface area contributed by atoms with Gasteiger partial charge in [-0.3, -0.25) is 4.98 Å². The van der Waals surface area contributed by atoms with Gasteiger partial charge < -0.3 is 14.0 Å². The Labute approximate surface area is 109 Å². The zero-order valence-electron chi connectivity index (χ0n) is 11.7. The summed E-state index contributed by atoms with van der Waals surface area (Å²) in [6.07, 6.45) is 4.29. The van der Waals surface area contributed by atoms with Crippen molar-refractivity contribution < 1.29 is 14.0 Å². The maximum Gasteiger partial charge on any atom is 0.498 e. The summed E-state index contributed by atoms with van der Waals surface area (Å²) in [7, 11) is 1.22. The molecule has 1 aliphatic rings. The van der Waals surface area contributed by atoms with E-state index in [9.17, 15) is 0 Å². The highest BCUT2D eigenvalue weighted by atomic mass is 16.7. The summed E-state index contributed by atoms with van der Waals surface area (Å²) in [6.45, 7) is 8.31. The van der Waals surface area contributed by atoms with Crippen molar-refractivity contribution in [3.63, 3.8) is 0 Å². The highest BCUT2D eigenvalue weighted by molar-refractivity contribution is 6.63. The first-order valence-corrected chi connectivity index (χ1v) is 6.27. The third kappa shape index (κ3) is 2.02. The molecule has 0 bridgehead atoms. The van der Waals surface area contributed by atoms with Gasteiger partial charge in [-0.25, -0.2) is 0 Å². The molecular weight excluding hydrogens is 229 g/mol. The molecule has 0 aliphatic carbocycles. The first-order chi connectivity index (χ1) is 8.43. The van der Waals surface area contributed by atoms with E-state index in [4.69, 9.17) is 14.0 Å². The van der Waals surface area contributed by atoms with Crippen LogP contribution >= 0.6 is 0 Å². The second kappa shape index (κ2) is 4.55. The Balaban J connectivity index is 2.32. The molecule has 1 saturated heterocycles. The van der Waals surface area contributed by atoms with Crippen molar-refractivity contribution in [3.05, 3.63) is 18.5 Å². The lowest BCUT2D eigenvalue weighted by Crippen LogP contribution is -2.44. The van der Waals surface area contributed by atoms with Gasteiger partial charge in [-0.05, 0) is 33.3 Å². The van der Waals surface area contributed by atoms with Crippen LogP contribution in [0.2, 0.25) is 0 Å². The molecule has 4 nitrogen and oxygen atoms in total. The predicted molar refractivity (Wildman–Crippen MR) is 71.1 cm³/mol. The van der Waals surface area contributed by atoms with Gasteiger partial charge in [0.25, 0.3) is 0 Å². The van der Waals surface area contributed by atoms with E-state index < -0.39 is 7.12 Å². The summed E-state index contributed by atoms with van der Waals surface area (Å²) in [5, 5.41) is 0. The minimum Gasteiger partial charge on any atom is -0.496 e. The SMILES string of the molecule is CCC1(C)OB(c2ccncc2OC)OC1(C)C. The van der Waals surface area contributed by atoms with Gasteiger partial charge >= 0.3 is 7.12 Å². The van der Waals surface area contributed by atoms with Crippen LogP contribution in [0, 0.1) is 0 Å². The van der Waals surface area contributed by atoms with Crippen LogP contribution in [0.15, 0.2) is 18.5 Å². The number of rotatable bonds is 3. The van der Waals surface area contributed by atoms with Crippen molar-refractivity contribution >= 4 is 12.6 Å². The Morgan fingerprint density at radius 1 is 1.33 bits per heavy atom. The number of hydrogen-bond donors (Lipinski definition) is 0. The molecule has 0 spiro atoms. The van der Waals surface area contributed by atoms with E-state index in [0.717, 1.165) is 11.9 Å². The van der Waals surface area contributed by atoms with Gasteiger partial charge in [0.15, 0.2) is 0 Å². The molecule has 2 rings (SSSR count). The summed E-state index contributed by atoms with van der Waals surface area (Å²) in [6, 6.07) is 1.88. The molecule has 5 heteroatoms. The normalized spacial score (nSPS) is 26.4. The highest BCUT2D eigenvalue weighted by Gasteiger charge is 2.54. The zero-order valence-corrected chi connectivity index (χ0v) is 11.7. The second-order valence-corrected chi connectivity index (χ2v) is 5.28. The topological polar surface area (TPSA) is 40.6 Å². The number of pyridine rings is 1. The van der Waals surface area contributed by atoms with Crippen LogP contribution < -0.4 is 10.2 Å². The quantitative estimate of drug-likeness (QED) is 0.765. The molecule has 1 aromatic rings. The van der Waals surface area contributed by atoms with Crippen LogP contribution in [0.25, 0.3) is 0 Å². The van der Waals surface area contributed by atoms with Crippen LogP contribution in [-0.2, 0) is 9.31 Å². The van der Waals surface area contributed by atoms with E-state index in [0.29, 0.717) is 5.75 Å². The average molecular weight is 249 g/mol. The lowest BCUT2D eigenvalue weighted by atomic mass is 9.79. The molecule has 18 heavy (non-hydrogen) atoms. The summed E-state index contributed by atoms with van der Waals surface area (Å²) in [4.78, 5) is 4.04. The largest absolute Gasteiger partial charge is 0.498 e. The Kier molecular flexibility index (Phi) is 3.38. The van der Waals surface area contributed by atoms with Gasteiger partial charge in [0, 0.05) is 11.7 Å². The molecule has 0 saturated carbocycles. The van der Waals surface area contributed by atoms with Gasteiger partial charge in [0.1, 0.15) is 5.75 Å². The van der Waals surface area contributed by atoms with Crippen molar-refractivity contribution in [2.45, 2.75) is 45.3 Å². The zero-order chi connectivity index (χ0) is 13.4. The van der Waals surface area contributed by atoms with Gasteiger partial charge in [0.2, 0.25) is 0 Å². The molecule has 1 fully saturated rings. The standard InChI is InChI=1S/C13H20BNO3/c1-6-13(4)12(2,3)17-14(18-13)10-7-8-15-9-11(10)16-5/h7-9H,6H2,1-5H3. The monoisotopic (exact) mass is 249 g/mol. The second-order valence-electron chi connectivity index (χ2n) is 5.28. The van der Waals surface area contributed by atoms with Crippen LogP contribution in [0.3, 0.4) is 0 Å². The molecule has 98 valence electrons. The summed E-state index contributed by atoms with van der Waals surface area (Å²) >= 11 is 0. The van der Waals surface area contributed by atoms with Gasteiger partial charge in [-0.15, -0.1) is 0 Å². The summed E-state index contributed by atoms with van der Waals surface area (Å²) < 4.78 is 17.5. The van der Waals surface area contributed by atoms with Gasteiger partial charge in [0.05, 0.1) is 24.5 Å². The maximum atomic E-state index is 6.11. The van der Waals surface area contributed by atoms with Crippen molar-refractivity contribution in [2.75, 3.05) is 7.11 Å². The van der Waals surface area contributed by atoms with E-state index in [1.54, 1.807) is 19.5 Å². The maximum absolute atomic E-state index is 6.11. The minimum atomic E-state index is -0.400. The molecule has 1 aliphatic heterocycles. The van der Waals surface area contributed by atoms with Crippen LogP contribution in [0.4, 0.5) is 0 Å². The van der Waals surface area contributed by atoms with Crippen molar-refractivity contribution in [1.29, 1.82) is 0 Å². The van der Waals surface area contributed by atoms with Crippen molar-refractivity contribution in [3.8, 4) is 5.75 Å². The molecule has 1 unspecified atom stereocenters. The lowest BCUT2D eigenvalue weighted by molar-refractivity contribution is -0.0118. The van der Waals surface area contributed by atoms with E-state index in [1.807, 2.05) is 6.07 Å². The highest BCUT2D eigenvalue weighted by Crippen LogP contribution is 2.39. The molecule has 0 aromatic carbocycles. The molecular formula is C13H20BNO3. The molecule has 2 heterocycles. The first kappa shape index (κ1) is 13.4.